The molecule has 2 heterocycles. The third-order valence-electron chi connectivity index (χ3n) is 4.64. The van der Waals surface area contributed by atoms with Crippen molar-refractivity contribution < 1.29 is 24.2 Å². The molecule has 4 rings (SSSR count). The van der Waals surface area contributed by atoms with E-state index in [0.717, 1.165) is 4.57 Å². The second kappa shape index (κ2) is 8.25. The summed E-state index contributed by atoms with van der Waals surface area (Å²) < 4.78 is 5.67. The predicted octanol–water partition coefficient (Wildman–Crippen LogP) is 5.16. The van der Waals surface area contributed by atoms with Crippen LogP contribution < -0.4 is 5.32 Å². The van der Waals surface area contributed by atoms with Crippen molar-refractivity contribution in [3.63, 3.8) is 0 Å². The van der Waals surface area contributed by atoms with Crippen LogP contribution in [0.1, 0.15) is 25.6 Å². The minimum absolute atomic E-state index is 0.00357. The molecule has 0 aliphatic heterocycles. The zero-order valence-electron chi connectivity index (χ0n) is 16.1. The monoisotopic (exact) mass is 454 g/mol. The molecule has 2 aromatic carbocycles. The van der Waals surface area contributed by atoms with Crippen molar-refractivity contribution in [3.8, 4) is 5.88 Å². The molecular weight excluding hydrogens is 440 g/mol. The van der Waals surface area contributed by atoms with Crippen LogP contribution in [0.4, 0.5) is 10.5 Å². The number of halogens is 1. The second-order valence-electron chi connectivity index (χ2n) is 6.50. The summed E-state index contributed by atoms with van der Waals surface area (Å²) in [7, 11) is 1.28. The van der Waals surface area contributed by atoms with Crippen molar-refractivity contribution in [1.29, 1.82) is 0 Å². The number of hydrogen-bond acceptors (Lipinski definition) is 6. The molecule has 0 fully saturated rings. The number of methoxy groups -OCH3 is 1. The Labute approximate surface area is 185 Å². The van der Waals surface area contributed by atoms with E-state index >= 15 is 0 Å². The van der Waals surface area contributed by atoms with Crippen LogP contribution in [0, 0.1) is 0 Å². The summed E-state index contributed by atoms with van der Waals surface area (Å²) in [5.74, 6) is -1.39. The predicted molar refractivity (Wildman–Crippen MR) is 119 cm³/mol. The molecule has 7 nitrogen and oxygen atoms in total. The average molecular weight is 455 g/mol. The number of hydrogen-bond donors (Lipinski definition) is 2. The molecule has 2 N–H and O–H groups in total. The van der Waals surface area contributed by atoms with Gasteiger partial charge < -0.3 is 15.2 Å². The molecular formula is C22H15ClN2O5S. The van der Waals surface area contributed by atoms with Gasteiger partial charge in [0.05, 0.1) is 28.6 Å². The minimum Gasteiger partial charge on any atom is -0.494 e. The molecule has 156 valence electrons. The molecule has 0 atom stereocenters. The van der Waals surface area contributed by atoms with Gasteiger partial charge in [0, 0.05) is 16.1 Å². The smallest absolute Gasteiger partial charge is 0.337 e. The van der Waals surface area contributed by atoms with Crippen LogP contribution >= 0.6 is 22.9 Å². The van der Waals surface area contributed by atoms with Gasteiger partial charge in [-0.15, -0.1) is 11.3 Å². The number of ketones is 1. The third-order valence-corrected chi connectivity index (χ3v) is 5.74. The molecule has 0 bridgehead atoms. The lowest BCUT2D eigenvalue weighted by Gasteiger charge is -2.09. The highest BCUT2D eigenvalue weighted by atomic mass is 35.5. The molecule has 0 unspecified atom stereocenters. The minimum atomic E-state index is -0.680. The van der Waals surface area contributed by atoms with Crippen molar-refractivity contribution in [2.75, 3.05) is 12.4 Å². The number of amides is 1. The Morgan fingerprint density at radius 1 is 1.10 bits per heavy atom. The quantitative estimate of drug-likeness (QED) is 0.328. The highest BCUT2D eigenvalue weighted by molar-refractivity contribution is 7.12. The van der Waals surface area contributed by atoms with Crippen molar-refractivity contribution in [1.82, 2.24) is 4.57 Å². The summed E-state index contributed by atoms with van der Waals surface area (Å²) in [6.45, 7) is 0. The fourth-order valence-electron chi connectivity index (χ4n) is 3.20. The van der Waals surface area contributed by atoms with E-state index in [1.165, 1.54) is 48.8 Å². The molecule has 1 amide bonds. The number of nitrogens with zero attached hydrogens (tertiary/aromatic N) is 1. The normalized spacial score (nSPS) is 10.8. The number of aromatic hydroxyl groups is 1. The Balaban J connectivity index is 1.75. The summed E-state index contributed by atoms with van der Waals surface area (Å²) in [4.78, 5) is 38.0. The van der Waals surface area contributed by atoms with Gasteiger partial charge in [0.1, 0.15) is 0 Å². The van der Waals surface area contributed by atoms with Crippen molar-refractivity contribution >= 4 is 57.3 Å². The highest BCUT2D eigenvalue weighted by Crippen LogP contribution is 2.35. The summed E-state index contributed by atoms with van der Waals surface area (Å²) in [5, 5.41) is 16.0. The first-order valence-electron chi connectivity index (χ1n) is 9.01. The van der Waals surface area contributed by atoms with E-state index in [1.807, 2.05) is 0 Å². The van der Waals surface area contributed by atoms with Crippen molar-refractivity contribution in [2.45, 2.75) is 0 Å². The number of benzene rings is 2. The Morgan fingerprint density at radius 3 is 2.48 bits per heavy atom. The topological polar surface area (TPSA) is 97.6 Å². The Hall–Kier alpha value is -3.62. The van der Waals surface area contributed by atoms with Gasteiger partial charge in [0.2, 0.25) is 11.7 Å². The SMILES string of the molecule is COC(=O)c1ccc(NC(=O)n2c(O)c(C(=O)c3cccs3)c3cc(Cl)ccc32)cc1. The van der Waals surface area contributed by atoms with E-state index in [0.29, 0.717) is 32.1 Å². The maximum atomic E-state index is 13.0. The Morgan fingerprint density at radius 2 is 1.84 bits per heavy atom. The van der Waals surface area contributed by atoms with E-state index in [2.05, 4.69) is 10.1 Å². The number of esters is 1. The number of anilines is 1. The molecule has 31 heavy (non-hydrogen) atoms. The van der Waals surface area contributed by atoms with Gasteiger partial charge >= 0.3 is 12.0 Å². The number of ether oxygens (including phenoxy) is 1. The van der Waals surface area contributed by atoms with Gasteiger partial charge in [0.25, 0.3) is 0 Å². The lowest BCUT2D eigenvalue weighted by Crippen LogP contribution is -2.19. The number of thiophene rings is 1. The van der Waals surface area contributed by atoms with E-state index in [9.17, 15) is 19.5 Å². The molecule has 2 aromatic heterocycles. The van der Waals surface area contributed by atoms with E-state index in [4.69, 9.17) is 11.6 Å². The van der Waals surface area contributed by atoms with Crippen LogP contribution in [0.15, 0.2) is 60.0 Å². The van der Waals surface area contributed by atoms with E-state index < -0.39 is 23.7 Å². The van der Waals surface area contributed by atoms with Gasteiger partial charge in [-0.1, -0.05) is 17.7 Å². The van der Waals surface area contributed by atoms with Crippen LogP contribution in [-0.2, 0) is 4.74 Å². The number of aromatic nitrogens is 1. The molecule has 0 aliphatic rings. The molecule has 0 spiro atoms. The number of rotatable bonds is 4. The summed E-state index contributed by atoms with van der Waals surface area (Å²) in [6, 6.07) is 13.4. The zero-order valence-corrected chi connectivity index (χ0v) is 17.7. The van der Waals surface area contributed by atoms with Crippen LogP contribution in [0.3, 0.4) is 0 Å². The number of carbonyl (C=O) groups excluding carboxylic acids is 3. The average Bonchev–Trinajstić information content (AvgIpc) is 3.39. The summed E-state index contributed by atoms with van der Waals surface area (Å²) >= 11 is 7.34. The van der Waals surface area contributed by atoms with Crippen LogP contribution in [0.2, 0.25) is 5.02 Å². The largest absolute Gasteiger partial charge is 0.494 e. The number of fused-ring (bicyclic) bond motifs is 1. The summed E-state index contributed by atoms with van der Waals surface area (Å²) in [6.07, 6.45) is 0. The van der Waals surface area contributed by atoms with Gasteiger partial charge in [0.15, 0.2) is 0 Å². The Kier molecular flexibility index (Phi) is 5.50. The third kappa shape index (κ3) is 3.78. The molecule has 0 aliphatic carbocycles. The van der Waals surface area contributed by atoms with Gasteiger partial charge in [-0.3, -0.25) is 4.79 Å². The van der Waals surface area contributed by atoms with Gasteiger partial charge in [-0.25, -0.2) is 14.2 Å². The molecule has 9 heteroatoms. The second-order valence-corrected chi connectivity index (χ2v) is 7.89. The number of carbonyl (C=O) groups is 3. The van der Waals surface area contributed by atoms with Crippen LogP contribution in [0.25, 0.3) is 10.9 Å². The molecule has 0 saturated heterocycles. The van der Waals surface area contributed by atoms with Crippen LogP contribution in [0.5, 0.6) is 5.88 Å². The summed E-state index contributed by atoms with van der Waals surface area (Å²) in [5.41, 5.74) is 1.04. The van der Waals surface area contributed by atoms with Crippen molar-refractivity contribution in [2.24, 2.45) is 0 Å². The van der Waals surface area contributed by atoms with E-state index in [1.54, 1.807) is 29.6 Å². The Bertz CT molecular complexity index is 1310. The maximum absolute atomic E-state index is 13.0. The number of nitrogens with one attached hydrogen (secondary N) is 1. The first-order valence-corrected chi connectivity index (χ1v) is 10.3. The first-order chi connectivity index (χ1) is 14.9. The standard InChI is InChI=1S/C22H15ClN2O5S/c1-30-21(28)12-4-7-14(8-5-12)24-22(29)25-16-9-6-13(23)11-15(16)18(20(25)27)19(26)17-3-2-10-31-17/h2-11,27H,1H3,(H,24,29). The lowest BCUT2D eigenvalue weighted by molar-refractivity contribution is 0.0600. The van der Waals surface area contributed by atoms with Crippen LogP contribution in [-0.4, -0.2) is 34.6 Å². The van der Waals surface area contributed by atoms with Gasteiger partial charge in [-0.05, 0) is 53.9 Å². The highest BCUT2D eigenvalue weighted by Gasteiger charge is 2.27. The van der Waals surface area contributed by atoms with Crippen molar-refractivity contribution in [3.05, 3.63) is 81.0 Å². The first kappa shape index (κ1) is 20.6. The molecule has 4 aromatic rings. The zero-order chi connectivity index (χ0) is 22.1. The van der Waals surface area contributed by atoms with E-state index in [-0.39, 0.29) is 5.56 Å². The lowest BCUT2D eigenvalue weighted by atomic mass is 10.1. The van der Waals surface area contributed by atoms with Gasteiger partial charge in [-0.2, -0.15) is 0 Å². The molecule has 0 radical (unpaired) electrons. The maximum Gasteiger partial charge on any atom is 0.337 e. The fourth-order valence-corrected chi connectivity index (χ4v) is 4.04. The molecule has 0 saturated carbocycles. The fraction of sp³-hybridized carbons (Fsp3) is 0.0455.